The number of thiophene rings is 1. The number of carbonyl (C=O) groups excluding carboxylic acids is 2. The van der Waals surface area contributed by atoms with Gasteiger partial charge in [-0.05, 0) is 68.9 Å². The first-order chi connectivity index (χ1) is 13.4. The quantitative estimate of drug-likeness (QED) is 0.747. The van der Waals surface area contributed by atoms with Crippen LogP contribution in [0.15, 0.2) is 24.3 Å². The van der Waals surface area contributed by atoms with Crippen molar-refractivity contribution in [2.45, 2.75) is 46.1 Å². The van der Waals surface area contributed by atoms with Crippen LogP contribution in [0.3, 0.4) is 0 Å². The third kappa shape index (κ3) is 4.65. The lowest BCUT2D eigenvalue weighted by atomic mass is 9.90. The summed E-state index contributed by atoms with van der Waals surface area (Å²) >= 11 is 1.51. The van der Waals surface area contributed by atoms with Crippen LogP contribution in [0.4, 0.5) is 0 Å². The summed E-state index contributed by atoms with van der Waals surface area (Å²) in [6, 6.07) is 6.85. The molecule has 7 heteroatoms. The Kier molecular flexibility index (Phi) is 6.24. The minimum atomic E-state index is -0.419. The second-order valence-corrected chi connectivity index (χ2v) is 8.48. The van der Waals surface area contributed by atoms with Crippen LogP contribution in [0.5, 0.6) is 11.5 Å². The van der Waals surface area contributed by atoms with Crippen molar-refractivity contribution in [3.05, 3.63) is 45.1 Å². The lowest BCUT2D eigenvalue weighted by Gasteiger charge is -2.16. The molecule has 1 aromatic carbocycles. The van der Waals surface area contributed by atoms with E-state index >= 15 is 0 Å². The minimum Gasteiger partial charge on any atom is -0.493 e. The van der Waals surface area contributed by atoms with E-state index in [1.54, 1.807) is 18.2 Å². The summed E-state index contributed by atoms with van der Waals surface area (Å²) in [5.41, 5.74) is 6.59. The number of nitrogens with one attached hydrogen (secondary N) is 2. The summed E-state index contributed by atoms with van der Waals surface area (Å²) in [6.45, 7) is 6.06. The van der Waals surface area contributed by atoms with Gasteiger partial charge in [0.15, 0.2) is 11.5 Å². The number of amides is 2. The standard InChI is InChI=1S/C21H26N2O4S/c1-12(2)27-16-7-6-14(10-17(16)26-4)20(24)22-23-21(25)19-11-15-9-13(3)5-8-18(15)28-19/h6-7,10-13H,5,8-9H2,1-4H3,(H,22,24)(H,23,25)/t13-/m0/s1. The molecular formula is C21H26N2O4S. The van der Waals surface area contributed by atoms with Gasteiger partial charge in [0.05, 0.1) is 18.1 Å². The maximum absolute atomic E-state index is 12.4. The normalized spacial score (nSPS) is 15.7. The van der Waals surface area contributed by atoms with E-state index in [9.17, 15) is 9.59 Å². The highest BCUT2D eigenvalue weighted by Gasteiger charge is 2.21. The van der Waals surface area contributed by atoms with Gasteiger partial charge in [0.1, 0.15) is 0 Å². The van der Waals surface area contributed by atoms with E-state index in [0.717, 1.165) is 19.3 Å². The van der Waals surface area contributed by atoms with E-state index < -0.39 is 5.91 Å². The number of hydrazine groups is 1. The SMILES string of the molecule is COc1cc(C(=O)NNC(=O)c2cc3c(s2)CC[C@H](C)C3)ccc1OC(C)C. The summed E-state index contributed by atoms with van der Waals surface area (Å²) < 4.78 is 10.9. The molecule has 0 aliphatic heterocycles. The molecule has 0 fully saturated rings. The zero-order chi connectivity index (χ0) is 20.3. The highest BCUT2D eigenvalue weighted by Crippen LogP contribution is 2.32. The molecule has 1 heterocycles. The fourth-order valence-electron chi connectivity index (χ4n) is 3.23. The molecule has 3 rings (SSSR count). The summed E-state index contributed by atoms with van der Waals surface area (Å²) in [5.74, 6) is 0.962. The van der Waals surface area contributed by atoms with Crippen molar-refractivity contribution in [3.8, 4) is 11.5 Å². The molecule has 6 nitrogen and oxygen atoms in total. The van der Waals surface area contributed by atoms with E-state index in [4.69, 9.17) is 9.47 Å². The van der Waals surface area contributed by atoms with Crippen molar-refractivity contribution in [2.75, 3.05) is 7.11 Å². The molecule has 1 aliphatic rings. The van der Waals surface area contributed by atoms with Crippen LogP contribution in [0, 0.1) is 5.92 Å². The first-order valence-corrected chi connectivity index (χ1v) is 10.3. The third-order valence-corrected chi connectivity index (χ3v) is 5.87. The summed E-state index contributed by atoms with van der Waals surface area (Å²) in [6.07, 6.45) is 3.18. The van der Waals surface area contributed by atoms with E-state index in [1.807, 2.05) is 19.9 Å². The van der Waals surface area contributed by atoms with E-state index in [2.05, 4.69) is 17.8 Å². The van der Waals surface area contributed by atoms with Gasteiger partial charge in [0.25, 0.3) is 11.8 Å². The van der Waals surface area contributed by atoms with Crippen LogP contribution in [0.25, 0.3) is 0 Å². The number of carbonyl (C=O) groups is 2. The minimum absolute atomic E-state index is 0.00697. The fraction of sp³-hybridized carbons (Fsp3) is 0.429. The third-order valence-electron chi connectivity index (χ3n) is 4.63. The van der Waals surface area contributed by atoms with Gasteiger partial charge >= 0.3 is 0 Å². The number of methoxy groups -OCH3 is 1. The monoisotopic (exact) mass is 402 g/mol. The van der Waals surface area contributed by atoms with Crippen molar-refractivity contribution in [2.24, 2.45) is 5.92 Å². The van der Waals surface area contributed by atoms with Crippen molar-refractivity contribution >= 4 is 23.2 Å². The number of ether oxygens (including phenoxy) is 2. The molecule has 2 amide bonds. The second kappa shape index (κ2) is 8.65. The molecule has 0 unspecified atom stereocenters. The number of hydrogen-bond acceptors (Lipinski definition) is 5. The van der Waals surface area contributed by atoms with Gasteiger partial charge < -0.3 is 9.47 Å². The molecule has 2 aromatic rings. The van der Waals surface area contributed by atoms with Crippen molar-refractivity contribution < 1.29 is 19.1 Å². The Morgan fingerprint density at radius 3 is 2.61 bits per heavy atom. The lowest BCUT2D eigenvalue weighted by molar-refractivity contribution is 0.0848. The fourth-order valence-corrected chi connectivity index (χ4v) is 4.33. The molecule has 1 aliphatic carbocycles. The molecular weight excluding hydrogens is 376 g/mol. The molecule has 28 heavy (non-hydrogen) atoms. The number of hydrogen-bond donors (Lipinski definition) is 2. The first-order valence-electron chi connectivity index (χ1n) is 9.44. The van der Waals surface area contributed by atoms with Gasteiger partial charge in [-0.1, -0.05) is 6.92 Å². The Bertz CT molecular complexity index is 875. The van der Waals surface area contributed by atoms with Crippen LogP contribution < -0.4 is 20.3 Å². The Morgan fingerprint density at radius 2 is 1.89 bits per heavy atom. The molecule has 1 aromatic heterocycles. The maximum atomic E-state index is 12.4. The van der Waals surface area contributed by atoms with Gasteiger partial charge in [0.2, 0.25) is 0 Å². The molecule has 0 saturated heterocycles. The van der Waals surface area contributed by atoms with Crippen LogP contribution >= 0.6 is 11.3 Å². The Hall–Kier alpha value is -2.54. The molecule has 150 valence electrons. The Balaban J connectivity index is 1.63. The molecule has 0 spiro atoms. The zero-order valence-electron chi connectivity index (χ0n) is 16.6. The average Bonchev–Trinajstić information content (AvgIpc) is 3.08. The van der Waals surface area contributed by atoms with Crippen LogP contribution in [0.1, 0.15) is 57.7 Å². The molecule has 1 atom stereocenters. The largest absolute Gasteiger partial charge is 0.493 e. The van der Waals surface area contributed by atoms with Crippen LogP contribution in [0.2, 0.25) is 0 Å². The number of rotatable bonds is 5. The smallest absolute Gasteiger partial charge is 0.279 e. The molecule has 0 bridgehead atoms. The first kappa shape index (κ1) is 20.2. The highest BCUT2D eigenvalue weighted by molar-refractivity contribution is 7.14. The molecule has 0 saturated carbocycles. The van der Waals surface area contributed by atoms with Crippen molar-refractivity contribution in [1.82, 2.24) is 10.9 Å². The van der Waals surface area contributed by atoms with E-state index in [1.165, 1.54) is 28.9 Å². The Labute approximate surface area is 169 Å². The van der Waals surface area contributed by atoms with Gasteiger partial charge in [-0.2, -0.15) is 0 Å². The van der Waals surface area contributed by atoms with Gasteiger partial charge in [0, 0.05) is 10.4 Å². The van der Waals surface area contributed by atoms with Crippen molar-refractivity contribution in [3.63, 3.8) is 0 Å². The summed E-state index contributed by atoms with van der Waals surface area (Å²) in [7, 11) is 1.52. The van der Waals surface area contributed by atoms with Crippen LogP contribution in [-0.2, 0) is 12.8 Å². The van der Waals surface area contributed by atoms with Crippen LogP contribution in [-0.4, -0.2) is 25.0 Å². The second-order valence-electron chi connectivity index (χ2n) is 7.35. The molecule has 2 N–H and O–H groups in total. The average molecular weight is 403 g/mol. The summed E-state index contributed by atoms with van der Waals surface area (Å²) in [5, 5.41) is 0. The Morgan fingerprint density at radius 1 is 1.14 bits per heavy atom. The molecule has 0 radical (unpaired) electrons. The predicted molar refractivity (Wildman–Crippen MR) is 109 cm³/mol. The van der Waals surface area contributed by atoms with Gasteiger partial charge in [-0.3, -0.25) is 20.4 Å². The number of fused-ring (bicyclic) bond motifs is 1. The maximum Gasteiger partial charge on any atom is 0.279 e. The zero-order valence-corrected chi connectivity index (χ0v) is 17.4. The highest BCUT2D eigenvalue weighted by atomic mass is 32.1. The van der Waals surface area contributed by atoms with E-state index in [-0.39, 0.29) is 12.0 Å². The summed E-state index contributed by atoms with van der Waals surface area (Å²) in [4.78, 5) is 26.7. The van der Waals surface area contributed by atoms with Gasteiger partial charge in [-0.15, -0.1) is 11.3 Å². The van der Waals surface area contributed by atoms with Gasteiger partial charge in [-0.25, -0.2) is 0 Å². The van der Waals surface area contributed by atoms with E-state index in [0.29, 0.717) is 27.9 Å². The number of benzene rings is 1. The topological polar surface area (TPSA) is 76.7 Å². The lowest BCUT2D eigenvalue weighted by Crippen LogP contribution is -2.41. The predicted octanol–water partition coefficient (Wildman–Crippen LogP) is 3.74. The van der Waals surface area contributed by atoms with Crippen molar-refractivity contribution in [1.29, 1.82) is 0 Å². The number of aryl methyl sites for hydroxylation is 1.